The summed E-state index contributed by atoms with van der Waals surface area (Å²) in [6.07, 6.45) is 8.47. The highest BCUT2D eigenvalue weighted by molar-refractivity contribution is 5.87. The highest BCUT2D eigenvalue weighted by Gasteiger charge is 2.35. The average Bonchev–Trinajstić information content (AvgIpc) is 3.36. The van der Waals surface area contributed by atoms with Gasteiger partial charge in [0.1, 0.15) is 0 Å². The van der Waals surface area contributed by atoms with E-state index in [1.165, 1.54) is 0 Å². The molecule has 0 spiro atoms. The third-order valence-corrected chi connectivity index (χ3v) is 6.64. The summed E-state index contributed by atoms with van der Waals surface area (Å²) >= 11 is 0. The molecule has 3 heterocycles. The molecule has 0 saturated carbocycles. The number of carboxylic acids is 1. The molecule has 4 rings (SSSR count). The normalized spacial score (nSPS) is 23.6. The Hall–Kier alpha value is -2.15. The Labute approximate surface area is 166 Å². The van der Waals surface area contributed by atoms with Gasteiger partial charge in [-0.1, -0.05) is 6.08 Å². The number of aromatic carboxylic acids is 1. The Bertz CT molecular complexity index is 758. The van der Waals surface area contributed by atoms with Crippen LogP contribution in [-0.2, 0) is 24.2 Å². The number of amides is 1. The lowest BCUT2D eigenvalue weighted by molar-refractivity contribution is -0.136. The molecule has 1 atom stereocenters. The molecule has 1 aromatic rings. The van der Waals surface area contributed by atoms with Crippen molar-refractivity contribution >= 4 is 11.9 Å². The SMILES string of the molecule is C=CCn1nc(C(=O)O)c2c1CC[C@@H](N1CCC(C(=O)N3CCCC3)CC1)C2. The topological polar surface area (TPSA) is 78.7 Å². The molecule has 1 aromatic heterocycles. The van der Waals surface area contributed by atoms with Crippen LogP contribution >= 0.6 is 0 Å². The van der Waals surface area contributed by atoms with E-state index in [-0.39, 0.29) is 11.6 Å². The van der Waals surface area contributed by atoms with Crippen LogP contribution in [0.2, 0.25) is 0 Å². The van der Waals surface area contributed by atoms with Crippen LogP contribution in [0.5, 0.6) is 0 Å². The van der Waals surface area contributed by atoms with E-state index in [9.17, 15) is 14.7 Å². The van der Waals surface area contributed by atoms with Gasteiger partial charge in [0.15, 0.2) is 5.69 Å². The molecule has 1 aliphatic carbocycles. The lowest BCUT2D eigenvalue weighted by Gasteiger charge is -2.39. The first kappa shape index (κ1) is 19.2. The Kier molecular flexibility index (Phi) is 5.53. The Morgan fingerprint density at radius 2 is 1.86 bits per heavy atom. The largest absolute Gasteiger partial charge is 0.476 e. The molecule has 2 saturated heterocycles. The van der Waals surface area contributed by atoms with Gasteiger partial charge in [-0.25, -0.2) is 4.79 Å². The number of carbonyl (C=O) groups excluding carboxylic acids is 1. The third-order valence-electron chi connectivity index (χ3n) is 6.64. The first-order chi connectivity index (χ1) is 13.6. The number of hydrogen-bond acceptors (Lipinski definition) is 4. The van der Waals surface area contributed by atoms with E-state index < -0.39 is 5.97 Å². The molecule has 2 aliphatic heterocycles. The minimum atomic E-state index is -0.949. The maximum Gasteiger partial charge on any atom is 0.356 e. The van der Waals surface area contributed by atoms with Crippen LogP contribution in [0.15, 0.2) is 12.7 Å². The van der Waals surface area contributed by atoms with Crippen LogP contribution in [0.1, 0.15) is 53.8 Å². The van der Waals surface area contributed by atoms with E-state index in [1.807, 2.05) is 4.90 Å². The molecular weight excluding hydrogens is 356 g/mol. The Morgan fingerprint density at radius 1 is 1.14 bits per heavy atom. The Morgan fingerprint density at radius 3 is 2.50 bits per heavy atom. The first-order valence-corrected chi connectivity index (χ1v) is 10.5. The van der Waals surface area contributed by atoms with Gasteiger partial charge < -0.3 is 10.0 Å². The summed E-state index contributed by atoms with van der Waals surface area (Å²) in [5.74, 6) is -0.435. The van der Waals surface area contributed by atoms with E-state index >= 15 is 0 Å². The number of carbonyl (C=O) groups is 2. The van der Waals surface area contributed by atoms with Gasteiger partial charge in [-0.15, -0.1) is 6.58 Å². The van der Waals surface area contributed by atoms with E-state index in [2.05, 4.69) is 16.6 Å². The standard InChI is InChI=1S/C21H30N4O3/c1-2-9-25-18-6-5-16(14-17(18)19(22-25)21(27)28)23-12-7-15(8-13-23)20(26)24-10-3-4-11-24/h2,15-16H,1,3-14H2,(H,27,28)/t16-/m1/s1. The van der Waals surface area contributed by atoms with Crippen LogP contribution in [0, 0.1) is 5.92 Å². The lowest BCUT2D eigenvalue weighted by Crippen LogP contribution is -2.47. The van der Waals surface area contributed by atoms with Gasteiger partial charge in [-0.3, -0.25) is 14.4 Å². The zero-order valence-electron chi connectivity index (χ0n) is 16.5. The van der Waals surface area contributed by atoms with Gasteiger partial charge in [0, 0.05) is 36.3 Å². The molecule has 0 aromatic carbocycles. The number of rotatable bonds is 5. The number of nitrogens with zero attached hydrogens (tertiary/aromatic N) is 4. The predicted molar refractivity (Wildman–Crippen MR) is 105 cm³/mol. The minimum Gasteiger partial charge on any atom is -0.476 e. The van der Waals surface area contributed by atoms with Crippen molar-refractivity contribution in [1.82, 2.24) is 19.6 Å². The van der Waals surface area contributed by atoms with E-state index in [0.717, 1.165) is 82.4 Å². The molecule has 0 radical (unpaired) electrons. The molecule has 152 valence electrons. The highest BCUT2D eigenvalue weighted by Crippen LogP contribution is 2.31. The smallest absolute Gasteiger partial charge is 0.356 e. The molecule has 7 nitrogen and oxygen atoms in total. The van der Waals surface area contributed by atoms with Crippen molar-refractivity contribution in [3.63, 3.8) is 0 Å². The monoisotopic (exact) mass is 386 g/mol. The van der Waals surface area contributed by atoms with Gasteiger partial charge in [-0.05, 0) is 58.0 Å². The fourth-order valence-electron chi connectivity index (χ4n) is 5.13. The third kappa shape index (κ3) is 3.60. The number of allylic oxidation sites excluding steroid dienone is 1. The summed E-state index contributed by atoms with van der Waals surface area (Å²) in [7, 11) is 0. The molecule has 28 heavy (non-hydrogen) atoms. The van der Waals surface area contributed by atoms with E-state index in [0.29, 0.717) is 18.5 Å². The summed E-state index contributed by atoms with van der Waals surface area (Å²) in [5.41, 5.74) is 2.13. The van der Waals surface area contributed by atoms with Crippen molar-refractivity contribution in [2.45, 2.75) is 57.5 Å². The molecule has 7 heteroatoms. The number of aromatic nitrogens is 2. The molecule has 0 bridgehead atoms. The van der Waals surface area contributed by atoms with Crippen molar-refractivity contribution in [2.24, 2.45) is 5.92 Å². The second kappa shape index (κ2) is 8.07. The van der Waals surface area contributed by atoms with Gasteiger partial charge in [-0.2, -0.15) is 5.10 Å². The molecule has 0 unspecified atom stereocenters. The first-order valence-electron chi connectivity index (χ1n) is 10.5. The maximum atomic E-state index is 12.7. The van der Waals surface area contributed by atoms with Gasteiger partial charge >= 0.3 is 5.97 Å². The molecule has 1 amide bonds. The predicted octanol–water partition coefficient (Wildman–Crippen LogP) is 1.96. The van der Waals surface area contributed by atoms with Gasteiger partial charge in [0.2, 0.25) is 5.91 Å². The van der Waals surface area contributed by atoms with Gasteiger partial charge in [0.25, 0.3) is 0 Å². The molecule has 3 aliphatic rings. The average molecular weight is 386 g/mol. The summed E-state index contributed by atoms with van der Waals surface area (Å²) < 4.78 is 1.79. The van der Waals surface area contributed by atoms with Crippen LogP contribution in [0.25, 0.3) is 0 Å². The number of likely N-dealkylation sites (tertiary alicyclic amines) is 2. The highest BCUT2D eigenvalue weighted by atomic mass is 16.4. The maximum absolute atomic E-state index is 12.7. The summed E-state index contributed by atoms with van der Waals surface area (Å²) in [5, 5.41) is 13.9. The van der Waals surface area contributed by atoms with Crippen molar-refractivity contribution < 1.29 is 14.7 Å². The molecule has 1 N–H and O–H groups in total. The molecular formula is C21H30N4O3. The van der Waals surface area contributed by atoms with E-state index in [4.69, 9.17) is 0 Å². The quantitative estimate of drug-likeness (QED) is 0.783. The minimum absolute atomic E-state index is 0.165. The zero-order valence-corrected chi connectivity index (χ0v) is 16.5. The van der Waals surface area contributed by atoms with Crippen molar-refractivity contribution in [1.29, 1.82) is 0 Å². The fraction of sp³-hybridized carbons (Fsp3) is 0.667. The summed E-state index contributed by atoms with van der Waals surface area (Å²) in [4.78, 5) is 28.8. The van der Waals surface area contributed by atoms with Crippen LogP contribution < -0.4 is 0 Å². The van der Waals surface area contributed by atoms with Crippen LogP contribution in [-0.4, -0.2) is 68.8 Å². The van der Waals surface area contributed by atoms with Crippen molar-refractivity contribution in [3.05, 3.63) is 29.6 Å². The number of hydrogen-bond donors (Lipinski definition) is 1. The van der Waals surface area contributed by atoms with Crippen molar-refractivity contribution in [3.8, 4) is 0 Å². The van der Waals surface area contributed by atoms with Crippen LogP contribution in [0.3, 0.4) is 0 Å². The number of carboxylic acid groups (broad SMARTS) is 1. The number of piperidine rings is 1. The van der Waals surface area contributed by atoms with Crippen molar-refractivity contribution in [2.75, 3.05) is 26.2 Å². The number of fused-ring (bicyclic) bond motifs is 1. The Balaban J connectivity index is 1.40. The van der Waals surface area contributed by atoms with E-state index in [1.54, 1.807) is 10.8 Å². The second-order valence-electron chi connectivity index (χ2n) is 8.29. The zero-order chi connectivity index (χ0) is 19.7. The van der Waals surface area contributed by atoms with Crippen LogP contribution in [0.4, 0.5) is 0 Å². The molecule has 2 fully saturated rings. The second-order valence-corrected chi connectivity index (χ2v) is 8.29. The summed E-state index contributed by atoms with van der Waals surface area (Å²) in [6, 6.07) is 0.342. The van der Waals surface area contributed by atoms with Gasteiger partial charge in [0.05, 0.1) is 6.54 Å². The summed E-state index contributed by atoms with van der Waals surface area (Å²) in [6.45, 7) is 8.00. The fourth-order valence-corrected chi connectivity index (χ4v) is 5.13. The lowest BCUT2D eigenvalue weighted by atomic mass is 9.87.